The zero-order valence-electron chi connectivity index (χ0n) is 13.9. The molecule has 7 heteroatoms. The van der Waals surface area contributed by atoms with Crippen molar-refractivity contribution < 1.29 is 14.3 Å². The average Bonchev–Trinajstić information content (AvgIpc) is 3.00. The fraction of sp³-hybridized carbons (Fsp3) is 0.353. The smallest absolute Gasteiger partial charge is 0.246 e. The van der Waals surface area contributed by atoms with Crippen molar-refractivity contribution in [3.8, 4) is 5.75 Å². The van der Waals surface area contributed by atoms with Gasteiger partial charge in [0.15, 0.2) is 0 Å². The number of methoxy groups -OCH3 is 1. The van der Waals surface area contributed by atoms with E-state index in [4.69, 9.17) is 4.74 Å². The fourth-order valence-corrected chi connectivity index (χ4v) is 2.10. The fourth-order valence-electron chi connectivity index (χ4n) is 2.10. The van der Waals surface area contributed by atoms with Crippen molar-refractivity contribution in [2.75, 3.05) is 17.7 Å². The Kier molecular flexibility index (Phi) is 6.36. The molecule has 2 aromatic rings. The van der Waals surface area contributed by atoms with E-state index in [0.717, 1.165) is 18.6 Å². The van der Waals surface area contributed by atoms with Gasteiger partial charge in [-0.05, 0) is 30.7 Å². The highest BCUT2D eigenvalue weighted by Crippen LogP contribution is 2.15. The van der Waals surface area contributed by atoms with Gasteiger partial charge in [-0.2, -0.15) is 5.10 Å². The maximum absolute atomic E-state index is 12.0. The number of anilines is 2. The quantitative estimate of drug-likeness (QED) is 0.779. The van der Waals surface area contributed by atoms with Crippen LogP contribution in [0.4, 0.5) is 11.4 Å². The van der Waals surface area contributed by atoms with Crippen molar-refractivity contribution in [2.45, 2.75) is 32.7 Å². The molecule has 0 bridgehead atoms. The van der Waals surface area contributed by atoms with Gasteiger partial charge in [-0.1, -0.05) is 13.3 Å². The number of hydrogen-bond donors (Lipinski definition) is 2. The van der Waals surface area contributed by atoms with E-state index < -0.39 is 0 Å². The predicted octanol–water partition coefficient (Wildman–Crippen LogP) is 2.66. The number of unbranched alkanes of at least 4 members (excludes halogenated alkanes) is 1. The summed E-state index contributed by atoms with van der Waals surface area (Å²) in [6.45, 7) is 2.10. The molecule has 0 aliphatic heterocycles. The lowest BCUT2D eigenvalue weighted by Gasteiger charge is -2.06. The van der Waals surface area contributed by atoms with E-state index in [1.807, 2.05) is 6.92 Å². The van der Waals surface area contributed by atoms with Crippen molar-refractivity contribution in [1.82, 2.24) is 9.78 Å². The minimum Gasteiger partial charge on any atom is -0.497 e. The number of hydrogen-bond acceptors (Lipinski definition) is 4. The van der Waals surface area contributed by atoms with Crippen LogP contribution in [-0.4, -0.2) is 28.7 Å². The summed E-state index contributed by atoms with van der Waals surface area (Å²) in [5, 5.41) is 9.62. The first-order valence-corrected chi connectivity index (χ1v) is 7.87. The third kappa shape index (κ3) is 5.42. The van der Waals surface area contributed by atoms with Crippen LogP contribution in [0.3, 0.4) is 0 Å². The lowest BCUT2D eigenvalue weighted by Crippen LogP contribution is -2.19. The molecule has 0 aliphatic carbocycles. The minimum atomic E-state index is -0.202. The number of nitrogens with one attached hydrogen (secondary N) is 2. The molecular weight excluding hydrogens is 308 g/mol. The lowest BCUT2D eigenvalue weighted by molar-refractivity contribution is -0.117. The zero-order chi connectivity index (χ0) is 17.4. The molecule has 7 nitrogen and oxygen atoms in total. The van der Waals surface area contributed by atoms with Crippen LogP contribution >= 0.6 is 0 Å². The second kappa shape index (κ2) is 8.71. The molecule has 24 heavy (non-hydrogen) atoms. The van der Waals surface area contributed by atoms with Crippen LogP contribution < -0.4 is 15.4 Å². The molecule has 0 aliphatic rings. The number of nitrogens with zero attached hydrogens (tertiary/aromatic N) is 2. The molecule has 1 heterocycles. The van der Waals surface area contributed by atoms with E-state index >= 15 is 0 Å². The molecule has 0 saturated carbocycles. The summed E-state index contributed by atoms with van der Waals surface area (Å²) < 4.78 is 6.55. The van der Waals surface area contributed by atoms with Crippen molar-refractivity contribution in [3.05, 3.63) is 36.7 Å². The Bertz CT molecular complexity index is 679. The maximum atomic E-state index is 12.0. The van der Waals surface area contributed by atoms with Crippen molar-refractivity contribution >= 4 is 23.2 Å². The molecule has 0 spiro atoms. The van der Waals surface area contributed by atoms with Crippen LogP contribution in [0.25, 0.3) is 0 Å². The monoisotopic (exact) mass is 330 g/mol. The van der Waals surface area contributed by atoms with Crippen LogP contribution in [0.15, 0.2) is 36.7 Å². The highest BCUT2D eigenvalue weighted by Gasteiger charge is 2.07. The van der Waals surface area contributed by atoms with Gasteiger partial charge < -0.3 is 15.4 Å². The summed E-state index contributed by atoms with van der Waals surface area (Å²) in [6.07, 6.45) is 5.48. The second-order valence-electron chi connectivity index (χ2n) is 5.35. The predicted molar refractivity (Wildman–Crippen MR) is 92.0 cm³/mol. The Morgan fingerprint density at radius 2 is 1.83 bits per heavy atom. The molecule has 0 unspecified atom stereocenters. The first-order valence-electron chi connectivity index (χ1n) is 7.87. The van der Waals surface area contributed by atoms with E-state index in [1.165, 1.54) is 10.9 Å². The lowest BCUT2D eigenvalue weighted by atomic mass is 10.2. The SMILES string of the molecule is CCCCC(=O)Nc1cnn(CC(=O)Nc2ccc(OC)cc2)c1. The van der Waals surface area contributed by atoms with Crippen molar-refractivity contribution in [3.63, 3.8) is 0 Å². The van der Waals surface area contributed by atoms with Crippen LogP contribution in [0.1, 0.15) is 26.2 Å². The molecule has 0 fully saturated rings. The van der Waals surface area contributed by atoms with Crippen LogP contribution in [0.5, 0.6) is 5.75 Å². The number of benzene rings is 1. The van der Waals surface area contributed by atoms with Crippen molar-refractivity contribution in [1.29, 1.82) is 0 Å². The van der Waals surface area contributed by atoms with E-state index in [0.29, 0.717) is 17.8 Å². The molecule has 128 valence electrons. The third-order valence-corrected chi connectivity index (χ3v) is 3.35. The minimum absolute atomic E-state index is 0.0425. The van der Waals surface area contributed by atoms with Crippen molar-refractivity contribution in [2.24, 2.45) is 0 Å². The molecule has 1 aromatic heterocycles. The number of carbonyl (C=O) groups excluding carboxylic acids is 2. The zero-order valence-corrected chi connectivity index (χ0v) is 13.9. The van der Waals surface area contributed by atoms with Crippen LogP contribution in [0.2, 0.25) is 0 Å². The van der Waals surface area contributed by atoms with Gasteiger partial charge in [0, 0.05) is 18.3 Å². The van der Waals surface area contributed by atoms with E-state index in [1.54, 1.807) is 37.6 Å². The number of aromatic nitrogens is 2. The van der Waals surface area contributed by atoms with E-state index in [2.05, 4.69) is 15.7 Å². The Morgan fingerprint density at radius 1 is 1.12 bits per heavy atom. The van der Waals surface area contributed by atoms with Gasteiger partial charge in [0.1, 0.15) is 12.3 Å². The van der Waals surface area contributed by atoms with Gasteiger partial charge in [0.2, 0.25) is 11.8 Å². The average molecular weight is 330 g/mol. The molecule has 0 radical (unpaired) electrons. The Hall–Kier alpha value is -2.83. The number of amides is 2. The van der Waals surface area contributed by atoms with E-state index in [9.17, 15) is 9.59 Å². The van der Waals surface area contributed by atoms with Crippen LogP contribution in [-0.2, 0) is 16.1 Å². The summed E-state index contributed by atoms with van der Waals surface area (Å²) in [5.74, 6) is 0.481. The summed E-state index contributed by atoms with van der Waals surface area (Å²) in [4.78, 5) is 23.7. The van der Waals surface area contributed by atoms with Gasteiger partial charge in [0.25, 0.3) is 0 Å². The van der Waals surface area contributed by atoms with Gasteiger partial charge >= 0.3 is 0 Å². The van der Waals surface area contributed by atoms with E-state index in [-0.39, 0.29) is 18.4 Å². The highest BCUT2D eigenvalue weighted by molar-refractivity contribution is 5.91. The first kappa shape index (κ1) is 17.5. The van der Waals surface area contributed by atoms with Gasteiger partial charge in [-0.15, -0.1) is 0 Å². The molecular formula is C17H22N4O3. The Morgan fingerprint density at radius 3 is 2.50 bits per heavy atom. The van der Waals surface area contributed by atoms with Gasteiger partial charge in [-0.3, -0.25) is 14.3 Å². The highest BCUT2D eigenvalue weighted by atomic mass is 16.5. The standard InChI is InChI=1S/C17H22N4O3/c1-3-4-5-16(22)20-14-10-18-21(11-14)12-17(23)19-13-6-8-15(24-2)9-7-13/h6-11H,3-5,12H2,1-2H3,(H,19,23)(H,20,22). The second-order valence-corrected chi connectivity index (χ2v) is 5.35. The normalized spacial score (nSPS) is 10.2. The van der Waals surface area contributed by atoms with Gasteiger partial charge in [0.05, 0.1) is 19.0 Å². The van der Waals surface area contributed by atoms with Crippen LogP contribution in [0, 0.1) is 0 Å². The third-order valence-electron chi connectivity index (χ3n) is 3.35. The summed E-state index contributed by atoms with van der Waals surface area (Å²) in [6, 6.07) is 7.07. The summed E-state index contributed by atoms with van der Waals surface area (Å²) >= 11 is 0. The molecule has 0 saturated heterocycles. The largest absolute Gasteiger partial charge is 0.497 e. The maximum Gasteiger partial charge on any atom is 0.246 e. The molecule has 2 N–H and O–H groups in total. The molecule has 1 aromatic carbocycles. The molecule has 2 amide bonds. The number of ether oxygens (including phenoxy) is 1. The first-order chi connectivity index (χ1) is 11.6. The van der Waals surface area contributed by atoms with Gasteiger partial charge in [-0.25, -0.2) is 0 Å². The summed E-state index contributed by atoms with van der Waals surface area (Å²) in [7, 11) is 1.59. The molecule has 0 atom stereocenters. The number of carbonyl (C=O) groups is 2. The molecule has 2 rings (SSSR count). The topological polar surface area (TPSA) is 85.2 Å². The Balaban J connectivity index is 1.84. The Labute approximate surface area is 141 Å². The number of rotatable bonds is 8. The summed E-state index contributed by atoms with van der Waals surface area (Å²) in [5.41, 5.74) is 1.27.